The Labute approximate surface area is 169 Å². The molecule has 0 saturated heterocycles. The summed E-state index contributed by atoms with van der Waals surface area (Å²) >= 11 is 4.50. The summed E-state index contributed by atoms with van der Waals surface area (Å²) in [6.07, 6.45) is 3.40. The van der Waals surface area contributed by atoms with Crippen molar-refractivity contribution in [1.29, 1.82) is 0 Å². The molecule has 1 aromatic carbocycles. The fourth-order valence-corrected chi connectivity index (χ4v) is 4.75. The highest BCUT2D eigenvalue weighted by atomic mass is 32.2. The lowest BCUT2D eigenvalue weighted by atomic mass is 10.2. The molecule has 0 aliphatic rings. The molecule has 0 aliphatic heterocycles. The van der Waals surface area contributed by atoms with Crippen LogP contribution in [0, 0.1) is 0 Å². The number of pyridine rings is 1. The van der Waals surface area contributed by atoms with Gasteiger partial charge in [0.1, 0.15) is 0 Å². The van der Waals surface area contributed by atoms with Gasteiger partial charge in [-0.3, -0.25) is 9.78 Å². The molecule has 3 aromatic rings. The van der Waals surface area contributed by atoms with Gasteiger partial charge in [-0.25, -0.2) is 5.43 Å². The summed E-state index contributed by atoms with van der Waals surface area (Å²) in [7, 11) is 0. The molecule has 27 heavy (non-hydrogen) atoms. The average molecular weight is 416 g/mol. The zero-order chi connectivity index (χ0) is 18.9. The van der Waals surface area contributed by atoms with E-state index < -0.39 is 0 Å². The summed E-state index contributed by atoms with van der Waals surface area (Å²) in [5.41, 5.74) is 5.38. The summed E-state index contributed by atoms with van der Waals surface area (Å²) in [5, 5.41) is 12.4. The largest absolute Gasteiger partial charge is 0.272 e. The monoisotopic (exact) mass is 415 g/mol. The summed E-state index contributed by atoms with van der Waals surface area (Å²) < 4.78 is 1.67. The van der Waals surface area contributed by atoms with Crippen LogP contribution in [0.15, 0.2) is 68.6 Å². The van der Waals surface area contributed by atoms with Crippen molar-refractivity contribution < 1.29 is 4.79 Å². The number of hydrogen-bond donors (Lipinski definition) is 1. The number of aromatic nitrogens is 3. The minimum absolute atomic E-state index is 0.183. The molecule has 1 amide bonds. The van der Waals surface area contributed by atoms with Gasteiger partial charge in [0.15, 0.2) is 8.68 Å². The first-order valence-corrected chi connectivity index (χ1v) is 10.9. The third-order valence-electron chi connectivity index (χ3n) is 3.35. The summed E-state index contributed by atoms with van der Waals surface area (Å²) in [4.78, 5) is 16.0. The molecule has 3 rings (SSSR count). The van der Waals surface area contributed by atoms with E-state index in [4.69, 9.17) is 0 Å². The number of benzene rings is 1. The Hall–Kier alpha value is -2.23. The smallest absolute Gasteiger partial charge is 0.250 e. The van der Waals surface area contributed by atoms with Gasteiger partial charge in [-0.2, -0.15) is 5.10 Å². The van der Waals surface area contributed by atoms with Gasteiger partial charge >= 0.3 is 0 Å². The summed E-state index contributed by atoms with van der Waals surface area (Å²) in [6.45, 7) is 1.82. The Morgan fingerprint density at radius 3 is 2.63 bits per heavy atom. The third-order valence-corrected chi connectivity index (χ3v) is 6.61. The Kier molecular flexibility index (Phi) is 7.37. The van der Waals surface area contributed by atoms with Crippen LogP contribution in [0.3, 0.4) is 0 Å². The zero-order valence-electron chi connectivity index (χ0n) is 14.5. The van der Waals surface area contributed by atoms with E-state index in [0.29, 0.717) is 5.71 Å². The van der Waals surface area contributed by atoms with Gasteiger partial charge in [0.25, 0.3) is 5.91 Å². The molecule has 0 fully saturated rings. The van der Waals surface area contributed by atoms with Gasteiger partial charge < -0.3 is 0 Å². The molecule has 1 N–H and O–H groups in total. The van der Waals surface area contributed by atoms with Crippen molar-refractivity contribution in [2.24, 2.45) is 5.10 Å². The molecule has 138 valence electrons. The van der Waals surface area contributed by atoms with Crippen molar-refractivity contribution in [2.75, 3.05) is 5.75 Å². The topological polar surface area (TPSA) is 80.1 Å². The van der Waals surface area contributed by atoms with Crippen LogP contribution < -0.4 is 5.43 Å². The summed E-state index contributed by atoms with van der Waals surface area (Å²) in [5.74, 6) is 0.905. The van der Waals surface area contributed by atoms with Gasteiger partial charge in [-0.1, -0.05) is 71.3 Å². The van der Waals surface area contributed by atoms with E-state index in [1.54, 1.807) is 24.2 Å². The fraction of sp³-hybridized carbons (Fsp3) is 0.167. The maximum atomic E-state index is 12.0. The number of thioether (sulfide) groups is 2. The van der Waals surface area contributed by atoms with Gasteiger partial charge in [0, 0.05) is 23.7 Å². The van der Waals surface area contributed by atoms with E-state index >= 15 is 0 Å². The Morgan fingerprint density at radius 2 is 1.89 bits per heavy atom. The second-order valence-corrected chi connectivity index (χ2v) is 8.79. The number of hydrazone groups is 1. The van der Waals surface area contributed by atoms with E-state index in [2.05, 4.69) is 37.8 Å². The molecular formula is C18H17N5OS3. The lowest BCUT2D eigenvalue weighted by Gasteiger charge is -2.01. The number of amides is 1. The van der Waals surface area contributed by atoms with Crippen LogP contribution in [0.2, 0.25) is 0 Å². The third kappa shape index (κ3) is 6.46. The SMILES string of the molecule is C/C(=N/NC(=O)CSc1nnc(SCc2ccccc2)s1)c1cccnc1. The minimum atomic E-state index is -0.183. The second kappa shape index (κ2) is 10.2. The molecule has 0 saturated carbocycles. The number of carbonyl (C=O) groups is 1. The predicted molar refractivity (Wildman–Crippen MR) is 111 cm³/mol. The average Bonchev–Trinajstić information content (AvgIpc) is 3.18. The van der Waals surface area contributed by atoms with Gasteiger partial charge in [0.2, 0.25) is 0 Å². The Morgan fingerprint density at radius 1 is 1.11 bits per heavy atom. The van der Waals surface area contributed by atoms with Crippen molar-refractivity contribution in [3.05, 3.63) is 66.0 Å². The van der Waals surface area contributed by atoms with Crippen molar-refractivity contribution in [3.8, 4) is 0 Å². The van der Waals surface area contributed by atoms with E-state index in [9.17, 15) is 4.79 Å². The number of hydrogen-bond acceptors (Lipinski definition) is 8. The lowest BCUT2D eigenvalue weighted by Crippen LogP contribution is -2.21. The van der Waals surface area contributed by atoms with Crippen LogP contribution in [-0.4, -0.2) is 32.6 Å². The molecular weight excluding hydrogens is 398 g/mol. The quantitative estimate of drug-likeness (QED) is 0.342. The maximum Gasteiger partial charge on any atom is 0.250 e. The fourth-order valence-electron chi connectivity index (χ4n) is 1.98. The number of nitrogens with zero attached hydrogens (tertiary/aromatic N) is 4. The van der Waals surface area contributed by atoms with E-state index in [1.807, 2.05) is 37.3 Å². The molecule has 0 radical (unpaired) electrons. The first-order valence-electron chi connectivity index (χ1n) is 8.07. The molecule has 6 nitrogen and oxygen atoms in total. The molecule has 0 atom stereocenters. The highest BCUT2D eigenvalue weighted by molar-refractivity contribution is 8.03. The van der Waals surface area contributed by atoms with Crippen molar-refractivity contribution in [1.82, 2.24) is 20.6 Å². The normalized spacial score (nSPS) is 11.4. The van der Waals surface area contributed by atoms with E-state index in [0.717, 1.165) is 20.0 Å². The number of carbonyl (C=O) groups excluding carboxylic acids is 1. The van der Waals surface area contributed by atoms with Crippen molar-refractivity contribution in [3.63, 3.8) is 0 Å². The number of nitrogens with one attached hydrogen (secondary N) is 1. The van der Waals surface area contributed by atoms with Gasteiger partial charge in [0.05, 0.1) is 11.5 Å². The Balaban J connectivity index is 1.43. The van der Waals surface area contributed by atoms with Crippen molar-refractivity contribution >= 4 is 46.5 Å². The molecule has 0 aliphatic carbocycles. The standard InChI is InChI=1S/C18H17N5OS3/c1-13(15-8-5-9-19-10-15)20-21-16(24)12-26-18-23-22-17(27-18)25-11-14-6-3-2-4-7-14/h2-10H,11-12H2,1H3,(H,21,24)/b20-13-. The lowest BCUT2D eigenvalue weighted by molar-refractivity contribution is -0.118. The second-order valence-electron chi connectivity index (χ2n) is 5.37. The van der Waals surface area contributed by atoms with Gasteiger partial charge in [-0.05, 0) is 18.6 Å². The zero-order valence-corrected chi connectivity index (χ0v) is 17.0. The summed E-state index contributed by atoms with van der Waals surface area (Å²) in [6, 6.07) is 13.9. The molecule has 2 aromatic heterocycles. The van der Waals surface area contributed by atoms with Crippen LogP contribution in [0.1, 0.15) is 18.1 Å². The van der Waals surface area contributed by atoms with E-state index in [1.165, 1.54) is 28.7 Å². The highest BCUT2D eigenvalue weighted by Gasteiger charge is 2.09. The first-order chi connectivity index (χ1) is 13.2. The van der Waals surface area contributed by atoms with Crippen LogP contribution in [0.25, 0.3) is 0 Å². The van der Waals surface area contributed by atoms with Gasteiger partial charge in [-0.15, -0.1) is 10.2 Å². The molecule has 0 bridgehead atoms. The highest BCUT2D eigenvalue weighted by Crippen LogP contribution is 2.30. The maximum absolute atomic E-state index is 12.0. The van der Waals surface area contributed by atoms with Crippen LogP contribution in [-0.2, 0) is 10.5 Å². The van der Waals surface area contributed by atoms with Crippen LogP contribution in [0.5, 0.6) is 0 Å². The molecule has 0 unspecified atom stereocenters. The number of rotatable bonds is 8. The molecule has 2 heterocycles. The molecule has 0 spiro atoms. The Bertz CT molecular complexity index is 900. The predicted octanol–water partition coefficient (Wildman–Crippen LogP) is 3.86. The van der Waals surface area contributed by atoms with Crippen molar-refractivity contribution in [2.45, 2.75) is 21.4 Å². The molecule has 9 heteroatoms. The minimum Gasteiger partial charge on any atom is -0.272 e. The van der Waals surface area contributed by atoms with E-state index in [-0.39, 0.29) is 11.7 Å². The first kappa shape index (κ1) is 19.5. The van der Waals surface area contributed by atoms with Crippen LogP contribution in [0.4, 0.5) is 0 Å². The van der Waals surface area contributed by atoms with Crippen LogP contribution >= 0.6 is 34.9 Å².